The zero-order valence-electron chi connectivity index (χ0n) is 12.3. The van der Waals surface area contributed by atoms with Gasteiger partial charge in [-0.05, 0) is 61.6 Å². The monoisotopic (exact) mass is 445 g/mol. The number of hydrogen-bond donors (Lipinski definition) is 1. The van der Waals surface area contributed by atoms with E-state index in [0.717, 1.165) is 14.5 Å². The van der Waals surface area contributed by atoms with E-state index in [1.54, 1.807) is 20.1 Å². The van der Waals surface area contributed by atoms with Crippen LogP contribution in [0, 0.1) is 6.92 Å². The lowest BCUT2D eigenvalue weighted by molar-refractivity contribution is -0.123. The number of aromatic nitrogens is 1. The fraction of sp³-hybridized carbons (Fsp3) is 0.214. The molecule has 1 N–H and O–H groups in total. The number of methoxy groups -OCH3 is 1. The number of amides is 1. The minimum absolute atomic E-state index is 0.209. The van der Waals surface area contributed by atoms with Crippen molar-refractivity contribution in [3.8, 4) is 11.6 Å². The molecule has 0 aliphatic heterocycles. The highest BCUT2D eigenvalue weighted by Gasteiger charge is 2.07. The Kier molecular flexibility index (Phi) is 6.17. The summed E-state index contributed by atoms with van der Waals surface area (Å²) in [4.78, 5) is 11.6. The minimum atomic E-state index is -0.409. The summed E-state index contributed by atoms with van der Waals surface area (Å²) in [5, 5.41) is 7.48. The fourth-order valence-corrected chi connectivity index (χ4v) is 3.16. The van der Waals surface area contributed by atoms with Gasteiger partial charge in [0.1, 0.15) is 11.5 Å². The molecule has 0 atom stereocenters. The van der Waals surface area contributed by atoms with E-state index in [4.69, 9.17) is 14.0 Å². The molecule has 0 aliphatic carbocycles. The number of nitrogens with zero attached hydrogens (tertiary/aromatic N) is 2. The van der Waals surface area contributed by atoms with Gasteiger partial charge in [0.25, 0.3) is 11.8 Å². The smallest absolute Gasteiger partial charge is 0.278 e. The largest absolute Gasteiger partial charge is 0.494 e. The zero-order valence-corrected chi connectivity index (χ0v) is 15.5. The number of hydrazone groups is 1. The zero-order chi connectivity index (χ0) is 16.8. The summed E-state index contributed by atoms with van der Waals surface area (Å²) in [7, 11) is 1.58. The fourth-order valence-electron chi connectivity index (χ4n) is 1.61. The van der Waals surface area contributed by atoms with Gasteiger partial charge in [-0.1, -0.05) is 0 Å². The number of carbonyl (C=O) groups is 1. The summed E-state index contributed by atoms with van der Waals surface area (Å²) in [6, 6.07) is 5.21. The standard InChI is InChI=1S/C14H13Br2N3O4/c1-8-3-13(19-23-8)22-7-12(20)18-17-6-9-4-10(15)14(21-2)11(16)5-9/h3-6H,7H2,1-2H3,(H,18,20). The molecule has 0 fully saturated rings. The van der Waals surface area contributed by atoms with Gasteiger partial charge in [-0.25, -0.2) is 5.43 Å². The van der Waals surface area contributed by atoms with Gasteiger partial charge in [0.05, 0.1) is 22.3 Å². The normalized spacial score (nSPS) is 10.8. The van der Waals surface area contributed by atoms with E-state index in [1.165, 1.54) is 6.21 Å². The van der Waals surface area contributed by atoms with Crippen LogP contribution < -0.4 is 14.9 Å². The predicted molar refractivity (Wildman–Crippen MR) is 90.9 cm³/mol. The van der Waals surface area contributed by atoms with Gasteiger partial charge in [0.2, 0.25) is 0 Å². The van der Waals surface area contributed by atoms with Crippen molar-refractivity contribution in [2.24, 2.45) is 5.10 Å². The molecule has 0 bridgehead atoms. The third-order valence-electron chi connectivity index (χ3n) is 2.59. The first-order chi connectivity index (χ1) is 11.0. The first-order valence-electron chi connectivity index (χ1n) is 6.40. The average Bonchev–Trinajstić information content (AvgIpc) is 2.90. The predicted octanol–water partition coefficient (Wildman–Crippen LogP) is 3.05. The topological polar surface area (TPSA) is 86.0 Å². The van der Waals surface area contributed by atoms with Crippen molar-refractivity contribution >= 4 is 44.0 Å². The Morgan fingerprint density at radius 2 is 2.09 bits per heavy atom. The van der Waals surface area contributed by atoms with E-state index in [1.807, 2.05) is 12.1 Å². The quantitative estimate of drug-likeness (QED) is 0.544. The van der Waals surface area contributed by atoms with Crippen LogP contribution in [0.15, 0.2) is 36.8 Å². The first-order valence-corrected chi connectivity index (χ1v) is 7.99. The Morgan fingerprint density at radius 1 is 1.39 bits per heavy atom. The van der Waals surface area contributed by atoms with E-state index in [9.17, 15) is 4.79 Å². The van der Waals surface area contributed by atoms with Gasteiger partial charge in [0, 0.05) is 6.07 Å². The maximum absolute atomic E-state index is 11.6. The Balaban J connectivity index is 1.87. The SMILES string of the molecule is COc1c(Br)cc(C=NNC(=O)COc2cc(C)on2)cc1Br. The molecule has 0 saturated heterocycles. The third-order valence-corrected chi connectivity index (χ3v) is 3.76. The molecule has 0 radical (unpaired) electrons. The van der Waals surface area contributed by atoms with Crippen LogP contribution in [0.3, 0.4) is 0 Å². The van der Waals surface area contributed by atoms with Crippen LogP contribution in [-0.2, 0) is 4.79 Å². The van der Waals surface area contributed by atoms with Gasteiger partial charge >= 0.3 is 0 Å². The average molecular weight is 447 g/mol. The van der Waals surface area contributed by atoms with Crippen molar-refractivity contribution in [1.82, 2.24) is 10.6 Å². The summed E-state index contributed by atoms with van der Waals surface area (Å²) in [6.45, 7) is 1.52. The second-order valence-corrected chi connectivity index (χ2v) is 6.08. The molecule has 1 amide bonds. The molecule has 7 nitrogen and oxygen atoms in total. The number of benzene rings is 1. The van der Waals surface area contributed by atoms with Gasteiger partial charge in [0.15, 0.2) is 6.61 Å². The molecule has 2 rings (SSSR count). The number of ether oxygens (including phenoxy) is 2. The number of hydrogen-bond acceptors (Lipinski definition) is 6. The summed E-state index contributed by atoms with van der Waals surface area (Å²) in [6.07, 6.45) is 1.51. The molecule has 122 valence electrons. The van der Waals surface area contributed by atoms with Crippen LogP contribution in [0.1, 0.15) is 11.3 Å². The lowest BCUT2D eigenvalue weighted by Crippen LogP contribution is -2.24. The van der Waals surface area contributed by atoms with Crippen molar-refractivity contribution in [2.75, 3.05) is 13.7 Å². The number of carbonyl (C=O) groups excluding carboxylic acids is 1. The highest BCUT2D eigenvalue weighted by atomic mass is 79.9. The lowest BCUT2D eigenvalue weighted by Gasteiger charge is -2.06. The van der Waals surface area contributed by atoms with Crippen molar-refractivity contribution in [3.05, 3.63) is 38.5 Å². The molecule has 1 heterocycles. The highest BCUT2D eigenvalue weighted by molar-refractivity contribution is 9.11. The maximum Gasteiger partial charge on any atom is 0.278 e. The van der Waals surface area contributed by atoms with E-state index < -0.39 is 5.91 Å². The summed E-state index contributed by atoms with van der Waals surface area (Å²) < 4.78 is 16.7. The van der Waals surface area contributed by atoms with Crippen LogP contribution in [0.25, 0.3) is 0 Å². The number of nitrogens with one attached hydrogen (secondary N) is 1. The third kappa shape index (κ3) is 5.07. The Labute approximate surface area is 149 Å². The van der Waals surface area contributed by atoms with E-state index in [0.29, 0.717) is 11.5 Å². The summed E-state index contributed by atoms with van der Waals surface area (Å²) in [5.41, 5.74) is 3.14. The van der Waals surface area contributed by atoms with Gasteiger partial charge in [-0.3, -0.25) is 4.79 Å². The van der Waals surface area contributed by atoms with Crippen molar-refractivity contribution < 1.29 is 18.8 Å². The molecule has 1 aromatic carbocycles. The van der Waals surface area contributed by atoms with Gasteiger partial charge < -0.3 is 14.0 Å². The van der Waals surface area contributed by atoms with Crippen molar-refractivity contribution in [2.45, 2.75) is 6.92 Å². The minimum Gasteiger partial charge on any atom is -0.494 e. The molecule has 0 saturated carbocycles. The molecule has 0 aliphatic rings. The Bertz CT molecular complexity index is 708. The van der Waals surface area contributed by atoms with Gasteiger partial charge in [-0.15, -0.1) is 0 Å². The molecule has 2 aromatic rings. The molecule has 0 unspecified atom stereocenters. The Morgan fingerprint density at radius 3 is 2.65 bits per heavy atom. The van der Waals surface area contributed by atoms with Gasteiger partial charge in [-0.2, -0.15) is 5.10 Å². The molecular weight excluding hydrogens is 434 g/mol. The van der Waals surface area contributed by atoms with Crippen LogP contribution in [-0.4, -0.2) is 31.0 Å². The van der Waals surface area contributed by atoms with Crippen LogP contribution >= 0.6 is 31.9 Å². The van der Waals surface area contributed by atoms with E-state index in [2.05, 4.69) is 47.5 Å². The highest BCUT2D eigenvalue weighted by Crippen LogP contribution is 2.33. The van der Waals surface area contributed by atoms with Crippen LogP contribution in [0.2, 0.25) is 0 Å². The second-order valence-electron chi connectivity index (χ2n) is 4.38. The summed E-state index contributed by atoms with van der Waals surface area (Å²) >= 11 is 6.78. The van der Waals surface area contributed by atoms with Crippen LogP contribution in [0.5, 0.6) is 11.6 Å². The lowest BCUT2D eigenvalue weighted by atomic mass is 10.2. The van der Waals surface area contributed by atoms with E-state index in [-0.39, 0.29) is 12.5 Å². The van der Waals surface area contributed by atoms with E-state index >= 15 is 0 Å². The molecular formula is C14H13Br2N3O4. The number of halogens is 2. The number of rotatable bonds is 6. The second kappa shape index (κ2) is 8.11. The van der Waals surface area contributed by atoms with Crippen molar-refractivity contribution in [3.63, 3.8) is 0 Å². The first kappa shape index (κ1) is 17.5. The Hall–Kier alpha value is -1.87. The number of aryl methyl sites for hydroxylation is 1. The van der Waals surface area contributed by atoms with Crippen molar-refractivity contribution in [1.29, 1.82) is 0 Å². The molecule has 0 spiro atoms. The molecule has 9 heteroatoms. The van der Waals surface area contributed by atoms with Crippen LogP contribution in [0.4, 0.5) is 0 Å². The summed E-state index contributed by atoms with van der Waals surface area (Å²) in [5.74, 6) is 1.13. The molecule has 1 aromatic heterocycles. The maximum atomic E-state index is 11.6. The molecule has 23 heavy (non-hydrogen) atoms.